The van der Waals surface area contributed by atoms with E-state index in [1.54, 1.807) is 24.3 Å². The number of carbonyl (C=O) groups is 1. The van der Waals surface area contributed by atoms with Crippen molar-refractivity contribution in [3.63, 3.8) is 0 Å². The summed E-state index contributed by atoms with van der Waals surface area (Å²) in [5.74, 6) is -0.0268. The second-order valence-corrected chi connectivity index (χ2v) is 4.92. The number of hydrogen-bond donors (Lipinski definition) is 2. The highest BCUT2D eigenvalue weighted by molar-refractivity contribution is 5.94. The number of nitrogens with zero attached hydrogens (tertiary/aromatic N) is 1. The standard InChI is InChI=1S/C14H21N3O/c1-11(17-8-2-3-9-17)10-16-14(18)12-4-6-13(15)7-5-12/h4-7,11H,2-3,8-10,15H2,1H3,(H,16,18). The van der Waals surface area contributed by atoms with Crippen LogP contribution in [0.15, 0.2) is 24.3 Å². The fraction of sp³-hybridized carbons (Fsp3) is 0.500. The number of rotatable bonds is 4. The maximum atomic E-state index is 11.9. The highest BCUT2D eigenvalue weighted by Gasteiger charge is 2.18. The molecular formula is C14H21N3O. The Labute approximate surface area is 108 Å². The highest BCUT2D eigenvalue weighted by Crippen LogP contribution is 2.11. The summed E-state index contributed by atoms with van der Waals surface area (Å²) in [5, 5.41) is 2.97. The number of nitrogen functional groups attached to an aromatic ring is 1. The van der Waals surface area contributed by atoms with Crippen molar-refractivity contribution in [1.29, 1.82) is 0 Å². The van der Waals surface area contributed by atoms with Crippen LogP contribution in [0.2, 0.25) is 0 Å². The summed E-state index contributed by atoms with van der Waals surface area (Å²) in [5.41, 5.74) is 6.94. The van der Waals surface area contributed by atoms with Crippen LogP contribution in [-0.4, -0.2) is 36.5 Å². The summed E-state index contributed by atoms with van der Waals surface area (Å²) in [6.45, 7) is 5.16. The minimum Gasteiger partial charge on any atom is -0.399 e. The fourth-order valence-corrected chi connectivity index (χ4v) is 2.29. The molecule has 1 aliphatic heterocycles. The zero-order valence-corrected chi connectivity index (χ0v) is 10.9. The van der Waals surface area contributed by atoms with Gasteiger partial charge in [-0.25, -0.2) is 0 Å². The summed E-state index contributed by atoms with van der Waals surface area (Å²) >= 11 is 0. The van der Waals surface area contributed by atoms with Crippen LogP contribution < -0.4 is 11.1 Å². The largest absolute Gasteiger partial charge is 0.399 e. The number of anilines is 1. The lowest BCUT2D eigenvalue weighted by molar-refractivity contribution is 0.0940. The SMILES string of the molecule is CC(CNC(=O)c1ccc(N)cc1)N1CCCC1. The van der Waals surface area contributed by atoms with Gasteiger partial charge in [-0.1, -0.05) is 0 Å². The van der Waals surface area contributed by atoms with Crippen LogP contribution in [0, 0.1) is 0 Å². The lowest BCUT2D eigenvalue weighted by atomic mass is 10.2. The lowest BCUT2D eigenvalue weighted by Crippen LogP contribution is -2.40. The molecule has 1 aromatic carbocycles. The van der Waals surface area contributed by atoms with Gasteiger partial charge in [-0.05, 0) is 57.1 Å². The molecule has 1 saturated heterocycles. The molecule has 1 unspecified atom stereocenters. The first-order chi connectivity index (χ1) is 8.66. The third-order valence-corrected chi connectivity index (χ3v) is 3.49. The van der Waals surface area contributed by atoms with Gasteiger partial charge in [0, 0.05) is 23.8 Å². The van der Waals surface area contributed by atoms with E-state index in [1.807, 2.05) is 0 Å². The third kappa shape index (κ3) is 3.23. The van der Waals surface area contributed by atoms with Crippen molar-refractivity contribution >= 4 is 11.6 Å². The third-order valence-electron chi connectivity index (χ3n) is 3.49. The molecule has 1 aliphatic rings. The molecule has 0 bridgehead atoms. The highest BCUT2D eigenvalue weighted by atomic mass is 16.1. The molecular weight excluding hydrogens is 226 g/mol. The summed E-state index contributed by atoms with van der Waals surface area (Å²) in [6.07, 6.45) is 2.55. The maximum Gasteiger partial charge on any atom is 0.251 e. The molecule has 98 valence electrons. The number of amides is 1. The summed E-state index contributed by atoms with van der Waals surface area (Å²) in [6, 6.07) is 7.42. The van der Waals surface area contributed by atoms with Gasteiger partial charge in [0.25, 0.3) is 5.91 Å². The van der Waals surface area contributed by atoms with Crippen LogP contribution in [0.5, 0.6) is 0 Å². The Kier molecular flexibility index (Phi) is 4.20. The zero-order chi connectivity index (χ0) is 13.0. The topological polar surface area (TPSA) is 58.4 Å². The van der Waals surface area contributed by atoms with Crippen LogP contribution in [0.1, 0.15) is 30.1 Å². The first kappa shape index (κ1) is 12.9. The quantitative estimate of drug-likeness (QED) is 0.792. The van der Waals surface area contributed by atoms with Gasteiger partial charge in [0.15, 0.2) is 0 Å². The van der Waals surface area contributed by atoms with Crippen molar-refractivity contribution in [3.8, 4) is 0 Å². The average Bonchev–Trinajstić information content (AvgIpc) is 2.90. The van der Waals surface area contributed by atoms with E-state index in [1.165, 1.54) is 12.8 Å². The van der Waals surface area contributed by atoms with Crippen LogP contribution in [0.4, 0.5) is 5.69 Å². The molecule has 18 heavy (non-hydrogen) atoms. The predicted octanol–water partition coefficient (Wildman–Crippen LogP) is 1.48. The van der Waals surface area contributed by atoms with Crippen molar-refractivity contribution in [2.45, 2.75) is 25.8 Å². The maximum absolute atomic E-state index is 11.9. The minimum atomic E-state index is -0.0268. The molecule has 4 heteroatoms. The Morgan fingerprint density at radius 2 is 1.94 bits per heavy atom. The Hall–Kier alpha value is -1.55. The van der Waals surface area contributed by atoms with Gasteiger partial charge < -0.3 is 11.1 Å². The van der Waals surface area contributed by atoms with E-state index < -0.39 is 0 Å². The van der Waals surface area contributed by atoms with E-state index in [9.17, 15) is 4.79 Å². The second kappa shape index (κ2) is 5.87. The number of nitrogens with one attached hydrogen (secondary N) is 1. The van der Waals surface area contributed by atoms with Gasteiger partial charge in [0.05, 0.1) is 0 Å². The van der Waals surface area contributed by atoms with Crippen molar-refractivity contribution < 1.29 is 4.79 Å². The van der Waals surface area contributed by atoms with Crippen LogP contribution in [0.3, 0.4) is 0 Å². The minimum absolute atomic E-state index is 0.0268. The molecule has 0 radical (unpaired) electrons. The number of likely N-dealkylation sites (tertiary alicyclic amines) is 1. The molecule has 0 aliphatic carbocycles. The van der Waals surface area contributed by atoms with Gasteiger partial charge in [0.1, 0.15) is 0 Å². The molecule has 0 spiro atoms. The molecule has 1 amide bonds. The van der Waals surface area contributed by atoms with Crippen LogP contribution in [0.25, 0.3) is 0 Å². The van der Waals surface area contributed by atoms with Crippen molar-refractivity contribution in [1.82, 2.24) is 10.2 Å². The summed E-state index contributed by atoms with van der Waals surface area (Å²) in [4.78, 5) is 14.3. The van der Waals surface area contributed by atoms with E-state index >= 15 is 0 Å². The van der Waals surface area contributed by atoms with Gasteiger partial charge in [-0.15, -0.1) is 0 Å². The van der Waals surface area contributed by atoms with Crippen LogP contribution >= 0.6 is 0 Å². The summed E-state index contributed by atoms with van der Waals surface area (Å²) in [7, 11) is 0. The van der Waals surface area contributed by atoms with E-state index in [0.717, 1.165) is 13.1 Å². The molecule has 1 heterocycles. The molecule has 0 aromatic heterocycles. The molecule has 3 N–H and O–H groups in total. The Balaban J connectivity index is 1.82. The van der Waals surface area contributed by atoms with Gasteiger partial charge in [-0.3, -0.25) is 9.69 Å². The first-order valence-corrected chi connectivity index (χ1v) is 6.54. The average molecular weight is 247 g/mol. The van der Waals surface area contributed by atoms with Gasteiger partial charge in [0.2, 0.25) is 0 Å². The monoisotopic (exact) mass is 247 g/mol. The van der Waals surface area contributed by atoms with Gasteiger partial charge in [-0.2, -0.15) is 0 Å². The normalized spacial score (nSPS) is 17.6. The van der Waals surface area contributed by atoms with Crippen molar-refractivity contribution in [3.05, 3.63) is 29.8 Å². The zero-order valence-electron chi connectivity index (χ0n) is 10.9. The fourth-order valence-electron chi connectivity index (χ4n) is 2.29. The Morgan fingerprint density at radius 3 is 2.56 bits per heavy atom. The number of carbonyl (C=O) groups excluding carboxylic acids is 1. The van der Waals surface area contributed by atoms with E-state index in [0.29, 0.717) is 23.8 Å². The van der Waals surface area contributed by atoms with E-state index in [-0.39, 0.29) is 5.91 Å². The van der Waals surface area contributed by atoms with Crippen molar-refractivity contribution in [2.75, 3.05) is 25.4 Å². The number of nitrogens with two attached hydrogens (primary N) is 1. The second-order valence-electron chi connectivity index (χ2n) is 4.92. The number of benzene rings is 1. The van der Waals surface area contributed by atoms with Crippen molar-refractivity contribution in [2.24, 2.45) is 0 Å². The number of hydrogen-bond acceptors (Lipinski definition) is 3. The molecule has 1 fully saturated rings. The molecule has 1 atom stereocenters. The van der Waals surface area contributed by atoms with Gasteiger partial charge >= 0.3 is 0 Å². The van der Waals surface area contributed by atoms with E-state index in [2.05, 4.69) is 17.1 Å². The summed E-state index contributed by atoms with van der Waals surface area (Å²) < 4.78 is 0. The molecule has 4 nitrogen and oxygen atoms in total. The predicted molar refractivity (Wildman–Crippen MR) is 73.5 cm³/mol. The van der Waals surface area contributed by atoms with E-state index in [4.69, 9.17) is 5.73 Å². The molecule has 2 rings (SSSR count). The molecule has 0 saturated carbocycles. The Morgan fingerprint density at radius 1 is 1.33 bits per heavy atom. The first-order valence-electron chi connectivity index (χ1n) is 6.54. The molecule has 1 aromatic rings. The van der Waals surface area contributed by atoms with Crippen LogP contribution in [-0.2, 0) is 0 Å². The smallest absolute Gasteiger partial charge is 0.251 e. The Bertz CT molecular complexity index is 396. The lowest BCUT2D eigenvalue weighted by Gasteiger charge is -2.23.